The van der Waals surface area contributed by atoms with Crippen LogP contribution in [0.1, 0.15) is 24.5 Å². The lowest BCUT2D eigenvalue weighted by Crippen LogP contribution is -2.42. The number of rotatable bonds is 7. The maximum Gasteiger partial charge on any atom is 0.241 e. The lowest BCUT2D eigenvalue weighted by molar-refractivity contribution is -0.121. The molecule has 0 aliphatic heterocycles. The van der Waals surface area contributed by atoms with Gasteiger partial charge in [-0.1, -0.05) is 35.4 Å². The Kier molecular flexibility index (Phi) is 6.03. The van der Waals surface area contributed by atoms with Crippen molar-refractivity contribution in [2.24, 2.45) is 0 Å². The zero-order chi connectivity index (χ0) is 16.7. The van der Waals surface area contributed by atoms with Crippen LogP contribution in [-0.4, -0.2) is 19.1 Å². The highest BCUT2D eigenvalue weighted by molar-refractivity contribution is 5.78. The van der Waals surface area contributed by atoms with Gasteiger partial charge in [-0.25, -0.2) is 0 Å². The minimum Gasteiger partial charge on any atom is -0.493 e. The molecule has 2 aromatic rings. The molecule has 0 bridgehead atoms. The van der Waals surface area contributed by atoms with E-state index in [1.54, 1.807) is 0 Å². The Hall–Kier alpha value is -2.49. The summed E-state index contributed by atoms with van der Waals surface area (Å²) in [7, 11) is 0. The van der Waals surface area contributed by atoms with E-state index in [-0.39, 0.29) is 5.91 Å². The number of ether oxygens (including phenoxy) is 1. The van der Waals surface area contributed by atoms with E-state index in [4.69, 9.17) is 4.74 Å². The van der Waals surface area contributed by atoms with Crippen molar-refractivity contribution in [3.63, 3.8) is 0 Å². The van der Waals surface area contributed by atoms with Gasteiger partial charge >= 0.3 is 0 Å². The Morgan fingerprint density at radius 2 is 1.57 bits per heavy atom. The van der Waals surface area contributed by atoms with E-state index < -0.39 is 0 Å². The van der Waals surface area contributed by atoms with Crippen molar-refractivity contribution in [2.45, 2.75) is 27.2 Å². The van der Waals surface area contributed by atoms with Crippen LogP contribution in [0.4, 0.5) is 5.69 Å². The summed E-state index contributed by atoms with van der Waals surface area (Å²) in [5, 5.41) is 1.84. The summed E-state index contributed by atoms with van der Waals surface area (Å²) in [5.74, 6) is 0.730. The van der Waals surface area contributed by atoms with Crippen molar-refractivity contribution in [3.8, 4) is 5.75 Å². The molecular weight excluding hydrogens is 288 g/mol. The molecule has 0 radical (unpaired) electrons. The Bertz CT molecular complexity index is 621. The molecule has 2 aromatic carbocycles. The molecule has 23 heavy (non-hydrogen) atoms. The van der Waals surface area contributed by atoms with Gasteiger partial charge in [-0.2, -0.15) is 0 Å². The van der Waals surface area contributed by atoms with E-state index in [2.05, 4.69) is 5.43 Å². The molecule has 0 spiro atoms. The molecule has 1 amide bonds. The molecule has 4 heteroatoms. The highest BCUT2D eigenvalue weighted by Crippen LogP contribution is 2.13. The number of nitrogens with zero attached hydrogens (tertiary/aromatic N) is 1. The van der Waals surface area contributed by atoms with Gasteiger partial charge < -0.3 is 4.74 Å². The third-order valence-corrected chi connectivity index (χ3v) is 3.54. The lowest BCUT2D eigenvalue weighted by Gasteiger charge is -2.24. The van der Waals surface area contributed by atoms with Crippen molar-refractivity contribution in [1.29, 1.82) is 0 Å². The molecule has 0 aliphatic rings. The van der Waals surface area contributed by atoms with Crippen LogP contribution in [0.5, 0.6) is 5.75 Å². The first kappa shape index (κ1) is 16.9. The summed E-state index contributed by atoms with van der Waals surface area (Å²) < 4.78 is 5.59. The molecule has 0 unspecified atom stereocenters. The summed E-state index contributed by atoms with van der Waals surface area (Å²) in [5.41, 5.74) is 6.27. The van der Waals surface area contributed by atoms with Crippen molar-refractivity contribution >= 4 is 11.6 Å². The van der Waals surface area contributed by atoms with Gasteiger partial charge in [-0.05, 0) is 45.0 Å². The fraction of sp³-hybridized carbons (Fsp3) is 0.316. The topological polar surface area (TPSA) is 41.6 Å². The first-order valence-electron chi connectivity index (χ1n) is 7.91. The molecule has 4 nitrogen and oxygen atoms in total. The molecule has 0 aromatic heterocycles. The molecule has 0 fully saturated rings. The third-order valence-electron chi connectivity index (χ3n) is 3.54. The maximum atomic E-state index is 12.1. The van der Waals surface area contributed by atoms with Crippen LogP contribution in [-0.2, 0) is 4.79 Å². The predicted molar refractivity (Wildman–Crippen MR) is 93.6 cm³/mol. The minimum atomic E-state index is -0.0560. The molecule has 0 saturated heterocycles. The zero-order valence-corrected chi connectivity index (χ0v) is 14.0. The van der Waals surface area contributed by atoms with Crippen molar-refractivity contribution in [3.05, 3.63) is 59.7 Å². The molecule has 0 heterocycles. The van der Waals surface area contributed by atoms with E-state index in [1.165, 1.54) is 11.1 Å². The van der Waals surface area contributed by atoms with Crippen LogP contribution in [0.2, 0.25) is 0 Å². The average molecular weight is 312 g/mol. The second kappa shape index (κ2) is 8.22. The largest absolute Gasteiger partial charge is 0.493 e. The maximum absolute atomic E-state index is 12.1. The number of hydrazine groups is 1. The van der Waals surface area contributed by atoms with Gasteiger partial charge in [0.15, 0.2) is 0 Å². The van der Waals surface area contributed by atoms with E-state index in [1.807, 2.05) is 74.3 Å². The van der Waals surface area contributed by atoms with Gasteiger partial charge in [-0.15, -0.1) is 0 Å². The van der Waals surface area contributed by atoms with Gasteiger partial charge in [0.25, 0.3) is 0 Å². The van der Waals surface area contributed by atoms with Crippen LogP contribution >= 0.6 is 0 Å². The van der Waals surface area contributed by atoms with E-state index in [0.717, 1.165) is 11.4 Å². The number of hydrogen-bond acceptors (Lipinski definition) is 3. The number of carbonyl (C=O) groups excluding carboxylic acids is 1. The second-order valence-corrected chi connectivity index (χ2v) is 5.53. The van der Waals surface area contributed by atoms with E-state index >= 15 is 0 Å². The van der Waals surface area contributed by atoms with Gasteiger partial charge in [-0.3, -0.25) is 15.2 Å². The third kappa shape index (κ3) is 5.33. The number of amides is 1. The molecule has 0 atom stereocenters. The van der Waals surface area contributed by atoms with Crippen LogP contribution in [0.3, 0.4) is 0 Å². The Labute approximate surface area is 138 Å². The second-order valence-electron chi connectivity index (χ2n) is 5.53. The summed E-state index contributed by atoms with van der Waals surface area (Å²) in [6.45, 7) is 7.14. The standard InChI is InChI=1S/C19H24N2O2/c1-4-21(17-9-5-15(2)6-10-17)20-19(22)13-14-23-18-11-7-16(3)8-12-18/h5-12H,4,13-14H2,1-3H3,(H,20,22). The number of benzene rings is 2. The van der Waals surface area contributed by atoms with E-state index in [9.17, 15) is 4.79 Å². The fourth-order valence-electron chi connectivity index (χ4n) is 2.15. The SMILES string of the molecule is CCN(NC(=O)CCOc1ccc(C)cc1)c1ccc(C)cc1. The molecule has 0 saturated carbocycles. The Balaban J connectivity index is 1.80. The Morgan fingerprint density at radius 1 is 1.00 bits per heavy atom. The number of anilines is 1. The summed E-state index contributed by atoms with van der Waals surface area (Å²) in [6, 6.07) is 15.9. The predicted octanol–water partition coefficient (Wildman–Crippen LogP) is 3.63. The highest BCUT2D eigenvalue weighted by atomic mass is 16.5. The number of aryl methyl sites for hydroxylation is 2. The van der Waals surface area contributed by atoms with Gasteiger partial charge in [0.05, 0.1) is 18.7 Å². The van der Waals surface area contributed by atoms with Crippen molar-refractivity contribution in [2.75, 3.05) is 18.2 Å². The number of carbonyl (C=O) groups is 1. The first-order valence-corrected chi connectivity index (χ1v) is 7.91. The monoisotopic (exact) mass is 312 g/mol. The summed E-state index contributed by atoms with van der Waals surface area (Å²) in [6.07, 6.45) is 0.316. The quantitative estimate of drug-likeness (QED) is 0.794. The molecule has 2 rings (SSSR count). The van der Waals surface area contributed by atoms with E-state index in [0.29, 0.717) is 19.6 Å². The van der Waals surface area contributed by atoms with Crippen molar-refractivity contribution in [1.82, 2.24) is 5.43 Å². The fourth-order valence-corrected chi connectivity index (χ4v) is 2.15. The van der Waals surface area contributed by atoms with Crippen LogP contribution in [0, 0.1) is 13.8 Å². The van der Waals surface area contributed by atoms with Crippen LogP contribution in [0.25, 0.3) is 0 Å². The Morgan fingerprint density at radius 3 is 2.13 bits per heavy atom. The molecule has 1 N–H and O–H groups in total. The number of hydrogen-bond donors (Lipinski definition) is 1. The molecule has 0 aliphatic carbocycles. The lowest BCUT2D eigenvalue weighted by atomic mass is 10.2. The van der Waals surface area contributed by atoms with Gasteiger partial charge in [0.1, 0.15) is 5.75 Å². The minimum absolute atomic E-state index is 0.0560. The summed E-state index contributed by atoms with van der Waals surface area (Å²) >= 11 is 0. The number of nitrogens with one attached hydrogen (secondary N) is 1. The van der Waals surface area contributed by atoms with Crippen molar-refractivity contribution < 1.29 is 9.53 Å². The zero-order valence-electron chi connectivity index (χ0n) is 14.0. The van der Waals surface area contributed by atoms with Gasteiger partial charge in [0, 0.05) is 6.54 Å². The smallest absolute Gasteiger partial charge is 0.241 e. The van der Waals surface area contributed by atoms with Crippen LogP contribution < -0.4 is 15.2 Å². The summed E-state index contributed by atoms with van der Waals surface area (Å²) in [4.78, 5) is 12.1. The molecule has 122 valence electrons. The molecular formula is C19H24N2O2. The highest BCUT2D eigenvalue weighted by Gasteiger charge is 2.08. The average Bonchev–Trinajstić information content (AvgIpc) is 2.55. The first-order chi connectivity index (χ1) is 11.1. The normalized spacial score (nSPS) is 10.2. The van der Waals surface area contributed by atoms with Crippen LogP contribution in [0.15, 0.2) is 48.5 Å². The van der Waals surface area contributed by atoms with Gasteiger partial charge in [0.2, 0.25) is 5.91 Å².